The third-order valence-electron chi connectivity index (χ3n) is 4.03. The van der Waals surface area contributed by atoms with Crippen LogP contribution in [0.25, 0.3) is 0 Å². The summed E-state index contributed by atoms with van der Waals surface area (Å²) < 4.78 is 24.9. The number of nitrogens with one attached hydrogen (secondary N) is 2. The van der Waals surface area contributed by atoms with Gasteiger partial charge in [-0.2, -0.15) is 0 Å². The van der Waals surface area contributed by atoms with E-state index >= 15 is 0 Å². The first kappa shape index (κ1) is 18.4. The molecule has 2 amide bonds. The number of amides is 2. The Bertz CT molecular complexity index is 867. The first-order chi connectivity index (χ1) is 13.1. The SMILES string of the molecule is CC1=C(C(=O)OCCOc2ccccc2)[C@H](c2ccccc2F)NC(=O)N1. The van der Waals surface area contributed by atoms with Crippen molar-refractivity contribution in [2.24, 2.45) is 0 Å². The Morgan fingerprint density at radius 2 is 1.78 bits per heavy atom. The maximum atomic E-state index is 14.2. The maximum absolute atomic E-state index is 14.2. The van der Waals surface area contributed by atoms with Crippen LogP contribution < -0.4 is 15.4 Å². The van der Waals surface area contributed by atoms with Gasteiger partial charge in [0.05, 0.1) is 11.6 Å². The Labute approximate surface area is 156 Å². The van der Waals surface area contributed by atoms with Crippen LogP contribution in [-0.2, 0) is 9.53 Å². The third-order valence-corrected chi connectivity index (χ3v) is 4.03. The topological polar surface area (TPSA) is 76.7 Å². The average Bonchev–Trinajstić information content (AvgIpc) is 2.65. The molecule has 2 aromatic carbocycles. The van der Waals surface area contributed by atoms with E-state index in [0.717, 1.165) is 0 Å². The largest absolute Gasteiger partial charge is 0.490 e. The lowest BCUT2D eigenvalue weighted by Crippen LogP contribution is -2.45. The number of para-hydroxylation sites is 1. The molecular weight excluding hydrogens is 351 g/mol. The van der Waals surface area contributed by atoms with E-state index in [1.807, 2.05) is 18.2 Å². The van der Waals surface area contributed by atoms with Gasteiger partial charge < -0.3 is 20.1 Å². The summed E-state index contributed by atoms with van der Waals surface area (Å²) in [5, 5.41) is 5.09. The van der Waals surface area contributed by atoms with Gasteiger partial charge in [-0.3, -0.25) is 0 Å². The van der Waals surface area contributed by atoms with Crippen LogP contribution in [0, 0.1) is 5.82 Å². The number of esters is 1. The summed E-state index contributed by atoms with van der Waals surface area (Å²) >= 11 is 0. The molecule has 2 aromatic rings. The van der Waals surface area contributed by atoms with Crippen molar-refractivity contribution >= 4 is 12.0 Å². The van der Waals surface area contributed by atoms with Crippen LogP contribution in [0.3, 0.4) is 0 Å². The summed E-state index contributed by atoms with van der Waals surface area (Å²) in [6, 6.07) is 13.7. The lowest BCUT2D eigenvalue weighted by Gasteiger charge is -2.28. The fourth-order valence-electron chi connectivity index (χ4n) is 2.80. The average molecular weight is 370 g/mol. The molecule has 0 saturated carbocycles. The minimum absolute atomic E-state index is 0.0163. The van der Waals surface area contributed by atoms with Gasteiger partial charge in [-0.15, -0.1) is 0 Å². The van der Waals surface area contributed by atoms with E-state index in [2.05, 4.69) is 10.6 Å². The van der Waals surface area contributed by atoms with Crippen LogP contribution in [0.2, 0.25) is 0 Å². The Morgan fingerprint density at radius 3 is 2.52 bits per heavy atom. The predicted octanol–water partition coefficient (Wildman–Crippen LogP) is 3.08. The smallest absolute Gasteiger partial charge is 0.338 e. The molecular formula is C20H19FN2O4. The third kappa shape index (κ3) is 4.44. The minimum Gasteiger partial charge on any atom is -0.490 e. The number of hydrogen-bond donors (Lipinski definition) is 2. The molecule has 0 bridgehead atoms. The molecule has 0 unspecified atom stereocenters. The zero-order valence-electron chi connectivity index (χ0n) is 14.7. The summed E-state index contributed by atoms with van der Waals surface area (Å²) in [5.41, 5.74) is 0.666. The van der Waals surface area contributed by atoms with Gasteiger partial charge in [0.1, 0.15) is 24.8 Å². The standard InChI is InChI=1S/C20H19FN2O4/c1-13-17(19(24)27-12-11-26-14-7-3-2-4-8-14)18(23-20(25)22-13)15-9-5-6-10-16(15)21/h2-10,18H,11-12H2,1H3,(H2,22,23,25)/t18-/m0/s1. The number of ether oxygens (including phenoxy) is 2. The highest BCUT2D eigenvalue weighted by Crippen LogP contribution is 2.29. The molecule has 1 heterocycles. The number of carbonyl (C=O) groups is 2. The maximum Gasteiger partial charge on any atom is 0.338 e. The highest BCUT2D eigenvalue weighted by molar-refractivity contribution is 5.95. The molecule has 0 spiro atoms. The van der Waals surface area contributed by atoms with Crippen LogP contribution in [0.5, 0.6) is 5.75 Å². The second kappa shape index (κ2) is 8.35. The summed E-state index contributed by atoms with van der Waals surface area (Å²) in [4.78, 5) is 24.4. The van der Waals surface area contributed by atoms with Crippen LogP contribution in [0.1, 0.15) is 18.5 Å². The van der Waals surface area contributed by atoms with E-state index in [4.69, 9.17) is 9.47 Å². The molecule has 140 valence electrons. The Morgan fingerprint density at radius 1 is 1.07 bits per heavy atom. The first-order valence-corrected chi connectivity index (χ1v) is 8.44. The van der Waals surface area contributed by atoms with Gasteiger partial charge in [0.15, 0.2) is 0 Å². The van der Waals surface area contributed by atoms with Crippen molar-refractivity contribution in [2.45, 2.75) is 13.0 Å². The van der Waals surface area contributed by atoms with Crippen molar-refractivity contribution < 1.29 is 23.5 Å². The fraction of sp³-hybridized carbons (Fsp3) is 0.200. The number of carbonyl (C=O) groups excluding carboxylic acids is 2. The van der Waals surface area contributed by atoms with Crippen molar-refractivity contribution in [3.8, 4) is 5.75 Å². The summed E-state index contributed by atoms with van der Waals surface area (Å²) in [6.45, 7) is 1.76. The van der Waals surface area contributed by atoms with Crippen molar-refractivity contribution in [3.63, 3.8) is 0 Å². The number of halogens is 1. The van der Waals surface area contributed by atoms with E-state index in [-0.39, 0.29) is 24.4 Å². The lowest BCUT2D eigenvalue weighted by molar-refractivity contribution is -0.140. The fourth-order valence-corrected chi connectivity index (χ4v) is 2.80. The first-order valence-electron chi connectivity index (χ1n) is 8.44. The van der Waals surface area contributed by atoms with Crippen molar-refractivity contribution in [3.05, 3.63) is 77.2 Å². The van der Waals surface area contributed by atoms with Gasteiger partial charge in [0.25, 0.3) is 0 Å². The highest BCUT2D eigenvalue weighted by atomic mass is 19.1. The molecule has 27 heavy (non-hydrogen) atoms. The number of urea groups is 1. The normalized spacial score (nSPS) is 16.4. The van der Waals surface area contributed by atoms with E-state index < -0.39 is 23.9 Å². The molecule has 2 N–H and O–H groups in total. The van der Waals surface area contributed by atoms with Crippen LogP contribution in [0.15, 0.2) is 65.9 Å². The van der Waals surface area contributed by atoms with Crippen molar-refractivity contribution in [1.82, 2.24) is 10.6 Å². The Hall–Kier alpha value is -3.35. The van der Waals surface area contributed by atoms with Crippen molar-refractivity contribution in [1.29, 1.82) is 0 Å². The van der Waals surface area contributed by atoms with Gasteiger partial charge >= 0.3 is 12.0 Å². The van der Waals surface area contributed by atoms with Crippen LogP contribution in [-0.4, -0.2) is 25.2 Å². The molecule has 6 nitrogen and oxygen atoms in total. The molecule has 0 fully saturated rings. The highest BCUT2D eigenvalue weighted by Gasteiger charge is 2.33. The minimum atomic E-state index is -0.928. The summed E-state index contributed by atoms with van der Waals surface area (Å²) in [7, 11) is 0. The quantitative estimate of drug-likeness (QED) is 0.605. The van der Waals surface area contributed by atoms with Crippen LogP contribution >= 0.6 is 0 Å². The van der Waals surface area contributed by atoms with Gasteiger partial charge in [-0.25, -0.2) is 14.0 Å². The molecule has 1 atom stereocenters. The second-order valence-electron chi connectivity index (χ2n) is 5.89. The van der Waals surface area contributed by atoms with Gasteiger partial charge in [0.2, 0.25) is 0 Å². The van der Waals surface area contributed by atoms with E-state index in [1.54, 1.807) is 25.1 Å². The van der Waals surface area contributed by atoms with Crippen molar-refractivity contribution in [2.75, 3.05) is 13.2 Å². The molecule has 0 aromatic heterocycles. The number of hydrogen-bond acceptors (Lipinski definition) is 4. The molecule has 0 radical (unpaired) electrons. The van der Waals surface area contributed by atoms with Crippen LogP contribution in [0.4, 0.5) is 9.18 Å². The summed E-state index contributed by atoms with van der Waals surface area (Å²) in [5.74, 6) is -0.500. The Kier molecular flexibility index (Phi) is 5.71. The molecule has 1 aliphatic heterocycles. The molecule has 7 heteroatoms. The number of allylic oxidation sites excluding steroid dienone is 1. The van der Waals surface area contributed by atoms with E-state index in [9.17, 15) is 14.0 Å². The van der Waals surface area contributed by atoms with E-state index in [1.165, 1.54) is 18.2 Å². The molecule has 0 saturated heterocycles. The lowest BCUT2D eigenvalue weighted by atomic mass is 9.95. The monoisotopic (exact) mass is 370 g/mol. The Balaban J connectivity index is 1.69. The molecule has 3 rings (SSSR count). The van der Waals surface area contributed by atoms with Gasteiger partial charge in [-0.1, -0.05) is 36.4 Å². The second-order valence-corrected chi connectivity index (χ2v) is 5.89. The summed E-state index contributed by atoms with van der Waals surface area (Å²) in [6.07, 6.45) is 0. The van der Waals surface area contributed by atoms with Gasteiger partial charge in [0, 0.05) is 11.3 Å². The predicted molar refractivity (Wildman–Crippen MR) is 96.4 cm³/mol. The zero-order valence-corrected chi connectivity index (χ0v) is 14.7. The van der Waals surface area contributed by atoms with E-state index in [0.29, 0.717) is 11.4 Å². The molecule has 1 aliphatic rings. The van der Waals surface area contributed by atoms with Gasteiger partial charge in [-0.05, 0) is 25.1 Å². The molecule has 0 aliphatic carbocycles. The number of rotatable bonds is 6. The zero-order chi connectivity index (χ0) is 19.2. The number of benzene rings is 2.